The molecule has 0 aliphatic heterocycles. The molecule has 144 valence electrons. The van der Waals surface area contributed by atoms with Crippen LogP contribution in [0.4, 0.5) is 10.2 Å². The number of Topliss-reactive ketones (excluding diaryl/α,β-unsaturated/α-hetero) is 1. The number of anilines is 1. The number of halogens is 1. The molecule has 0 radical (unpaired) electrons. The van der Waals surface area contributed by atoms with Crippen LogP contribution in [-0.4, -0.2) is 27.5 Å². The number of aromatic nitrogens is 2. The van der Waals surface area contributed by atoms with E-state index >= 15 is 0 Å². The van der Waals surface area contributed by atoms with Crippen molar-refractivity contribution in [2.24, 2.45) is 7.05 Å². The molecule has 8 nitrogen and oxygen atoms in total. The fraction of sp³-hybridized carbons (Fsp3) is 0.333. The number of rotatable bonds is 7. The molecule has 0 unspecified atom stereocenters. The van der Waals surface area contributed by atoms with Crippen molar-refractivity contribution in [1.82, 2.24) is 9.13 Å². The summed E-state index contributed by atoms with van der Waals surface area (Å²) in [5, 5.41) is 0. The molecule has 0 fully saturated rings. The highest BCUT2D eigenvalue weighted by atomic mass is 19.1. The first-order chi connectivity index (χ1) is 12.8. The molecule has 0 aliphatic carbocycles. The van der Waals surface area contributed by atoms with Crippen LogP contribution in [0.3, 0.4) is 0 Å². The fourth-order valence-electron chi connectivity index (χ4n) is 2.55. The number of hydrogen-bond donors (Lipinski definition) is 1. The minimum Gasteiger partial charge on any atom is -0.457 e. The van der Waals surface area contributed by atoms with Crippen LogP contribution in [0.25, 0.3) is 0 Å². The number of ketones is 1. The van der Waals surface area contributed by atoms with Crippen molar-refractivity contribution in [2.45, 2.75) is 26.3 Å². The van der Waals surface area contributed by atoms with Crippen LogP contribution in [0, 0.1) is 5.82 Å². The Morgan fingerprint density at radius 3 is 2.52 bits per heavy atom. The molecule has 0 atom stereocenters. The number of nitrogens with zero attached hydrogens (tertiary/aromatic N) is 2. The zero-order valence-electron chi connectivity index (χ0n) is 15.0. The van der Waals surface area contributed by atoms with Gasteiger partial charge in [0, 0.05) is 13.6 Å². The summed E-state index contributed by atoms with van der Waals surface area (Å²) < 4.78 is 20.3. The molecular weight excluding hydrogens is 357 g/mol. The zero-order valence-corrected chi connectivity index (χ0v) is 15.0. The summed E-state index contributed by atoms with van der Waals surface area (Å²) in [6, 6.07) is 5.68. The summed E-state index contributed by atoms with van der Waals surface area (Å²) in [5.41, 5.74) is 4.05. The lowest BCUT2D eigenvalue weighted by molar-refractivity contribution is -0.141. The van der Waals surface area contributed by atoms with Crippen LogP contribution >= 0.6 is 0 Å². The normalized spacial score (nSPS) is 10.6. The Balaban J connectivity index is 2.19. The molecule has 0 saturated heterocycles. The fourth-order valence-corrected chi connectivity index (χ4v) is 2.55. The lowest BCUT2D eigenvalue weighted by Gasteiger charge is -2.13. The second-order valence-corrected chi connectivity index (χ2v) is 5.91. The van der Waals surface area contributed by atoms with Crippen molar-refractivity contribution >= 4 is 17.6 Å². The third-order valence-corrected chi connectivity index (χ3v) is 3.97. The quantitative estimate of drug-likeness (QED) is 0.560. The molecule has 1 heterocycles. The van der Waals surface area contributed by atoms with Gasteiger partial charge in [-0.1, -0.05) is 25.1 Å². The summed E-state index contributed by atoms with van der Waals surface area (Å²) in [7, 11) is 1.23. The molecule has 2 rings (SSSR count). The summed E-state index contributed by atoms with van der Waals surface area (Å²) in [6.45, 7) is 1.30. The molecule has 2 aromatic rings. The van der Waals surface area contributed by atoms with Gasteiger partial charge >= 0.3 is 11.7 Å². The number of ether oxygens (including phenoxy) is 1. The van der Waals surface area contributed by atoms with Crippen LogP contribution in [0.2, 0.25) is 0 Å². The van der Waals surface area contributed by atoms with Gasteiger partial charge in [-0.15, -0.1) is 0 Å². The predicted octanol–water partition coefficient (Wildman–Crippen LogP) is 0.647. The Bertz CT molecular complexity index is 993. The van der Waals surface area contributed by atoms with Gasteiger partial charge in [0.05, 0.1) is 6.42 Å². The van der Waals surface area contributed by atoms with Gasteiger partial charge in [0.1, 0.15) is 17.2 Å². The molecule has 27 heavy (non-hydrogen) atoms. The van der Waals surface area contributed by atoms with E-state index in [4.69, 9.17) is 10.5 Å². The lowest BCUT2D eigenvalue weighted by Crippen LogP contribution is -2.43. The molecule has 0 aliphatic rings. The molecule has 1 aromatic heterocycles. The highest BCUT2D eigenvalue weighted by Crippen LogP contribution is 2.09. The van der Waals surface area contributed by atoms with E-state index in [9.17, 15) is 23.6 Å². The van der Waals surface area contributed by atoms with E-state index in [0.29, 0.717) is 6.42 Å². The Labute approximate surface area is 154 Å². The number of benzene rings is 1. The highest BCUT2D eigenvalue weighted by molar-refractivity contribution is 6.01. The van der Waals surface area contributed by atoms with Crippen LogP contribution < -0.4 is 17.0 Å². The molecular formula is C18H20FN3O5. The standard InChI is InChI=1S/C18H20FN3O5/c1-3-8-22-16(20)15(17(25)21(2)18(22)26)13(23)10-27-14(24)9-11-6-4-5-7-12(11)19/h4-7H,3,8-10,20H2,1-2H3. The first kappa shape index (κ1) is 20.1. The van der Waals surface area contributed by atoms with Gasteiger partial charge in [0.25, 0.3) is 5.56 Å². The maximum Gasteiger partial charge on any atom is 0.332 e. The summed E-state index contributed by atoms with van der Waals surface area (Å²) in [5.74, 6) is -2.49. The number of carbonyl (C=O) groups excluding carboxylic acids is 2. The zero-order chi connectivity index (χ0) is 20.1. The molecule has 9 heteroatoms. The summed E-state index contributed by atoms with van der Waals surface area (Å²) in [6.07, 6.45) is 0.205. The van der Waals surface area contributed by atoms with Crippen LogP contribution in [0.5, 0.6) is 0 Å². The predicted molar refractivity (Wildman–Crippen MR) is 96.0 cm³/mol. The summed E-state index contributed by atoms with van der Waals surface area (Å²) in [4.78, 5) is 48.6. The van der Waals surface area contributed by atoms with Gasteiger partial charge in [-0.3, -0.25) is 23.5 Å². The van der Waals surface area contributed by atoms with Crippen molar-refractivity contribution < 1.29 is 18.7 Å². The SMILES string of the molecule is CCCn1c(N)c(C(=O)COC(=O)Cc2ccccc2F)c(=O)n(C)c1=O. The average Bonchev–Trinajstić information content (AvgIpc) is 2.64. The second kappa shape index (κ2) is 8.43. The Morgan fingerprint density at radius 1 is 1.22 bits per heavy atom. The lowest BCUT2D eigenvalue weighted by atomic mass is 10.1. The Morgan fingerprint density at radius 2 is 1.89 bits per heavy atom. The number of esters is 1. The van der Waals surface area contributed by atoms with Crippen LogP contribution in [0.15, 0.2) is 33.9 Å². The van der Waals surface area contributed by atoms with Crippen molar-refractivity contribution in [3.05, 3.63) is 62.0 Å². The minimum atomic E-state index is -0.861. The van der Waals surface area contributed by atoms with E-state index < -0.39 is 41.0 Å². The number of nitrogen functional groups attached to an aromatic ring is 1. The molecule has 0 bridgehead atoms. The maximum atomic E-state index is 13.6. The molecule has 1 aromatic carbocycles. The van der Waals surface area contributed by atoms with E-state index in [0.717, 1.165) is 9.13 Å². The minimum absolute atomic E-state index is 0.127. The second-order valence-electron chi connectivity index (χ2n) is 5.91. The van der Waals surface area contributed by atoms with E-state index in [1.165, 1.54) is 25.2 Å². The largest absolute Gasteiger partial charge is 0.457 e. The Hall–Kier alpha value is -3.23. The van der Waals surface area contributed by atoms with Crippen molar-refractivity contribution in [1.29, 1.82) is 0 Å². The van der Waals surface area contributed by atoms with Gasteiger partial charge in [-0.2, -0.15) is 0 Å². The number of nitrogens with two attached hydrogens (primary N) is 1. The number of hydrogen-bond acceptors (Lipinski definition) is 6. The van der Waals surface area contributed by atoms with Gasteiger partial charge in [0.15, 0.2) is 6.61 Å². The molecule has 0 spiro atoms. The van der Waals surface area contributed by atoms with E-state index in [1.54, 1.807) is 6.07 Å². The molecule has 0 amide bonds. The van der Waals surface area contributed by atoms with Crippen molar-refractivity contribution in [3.63, 3.8) is 0 Å². The van der Waals surface area contributed by atoms with E-state index in [-0.39, 0.29) is 24.3 Å². The topological polar surface area (TPSA) is 113 Å². The van der Waals surface area contributed by atoms with E-state index in [1.807, 2.05) is 6.92 Å². The van der Waals surface area contributed by atoms with Gasteiger partial charge in [-0.05, 0) is 18.1 Å². The van der Waals surface area contributed by atoms with E-state index in [2.05, 4.69) is 0 Å². The number of carbonyl (C=O) groups is 2. The first-order valence-electron chi connectivity index (χ1n) is 8.29. The van der Waals surface area contributed by atoms with Crippen LogP contribution in [0.1, 0.15) is 29.3 Å². The van der Waals surface area contributed by atoms with Crippen LogP contribution in [-0.2, 0) is 29.5 Å². The smallest absolute Gasteiger partial charge is 0.332 e. The third-order valence-electron chi connectivity index (χ3n) is 3.97. The Kier molecular flexibility index (Phi) is 6.27. The maximum absolute atomic E-state index is 13.6. The van der Waals surface area contributed by atoms with Crippen molar-refractivity contribution in [2.75, 3.05) is 12.3 Å². The average molecular weight is 377 g/mol. The van der Waals surface area contributed by atoms with Gasteiger partial charge < -0.3 is 10.5 Å². The third kappa shape index (κ3) is 4.30. The molecule has 0 saturated carbocycles. The van der Waals surface area contributed by atoms with Crippen molar-refractivity contribution in [3.8, 4) is 0 Å². The first-order valence-corrected chi connectivity index (χ1v) is 8.29. The highest BCUT2D eigenvalue weighted by Gasteiger charge is 2.22. The summed E-state index contributed by atoms with van der Waals surface area (Å²) >= 11 is 0. The molecule has 2 N–H and O–H groups in total. The van der Waals surface area contributed by atoms with Gasteiger partial charge in [0.2, 0.25) is 5.78 Å². The monoisotopic (exact) mass is 377 g/mol. The van der Waals surface area contributed by atoms with Gasteiger partial charge in [-0.25, -0.2) is 9.18 Å².